The van der Waals surface area contributed by atoms with Crippen molar-refractivity contribution in [2.45, 2.75) is 6.92 Å². The summed E-state index contributed by atoms with van der Waals surface area (Å²) < 4.78 is 0. The fourth-order valence-corrected chi connectivity index (χ4v) is 1.65. The van der Waals surface area contributed by atoms with Gasteiger partial charge in [0, 0.05) is 46.0 Å². The Hall–Kier alpha value is -0.930. The first kappa shape index (κ1) is 12.1. The van der Waals surface area contributed by atoms with Crippen molar-refractivity contribution >= 4 is 6.21 Å². The van der Waals surface area contributed by atoms with Crippen molar-refractivity contribution in [1.29, 1.82) is 0 Å². The summed E-state index contributed by atoms with van der Waals surface area (Å²) in [7, 11) is 1.82. The summed E-state index contributed by atoms with van der Waals surface area (Å²) in [5.41, 5.74) is 1.28. The van der Waals surface area contributed by atoms with Gasteiger partial charge in [-0.15, -0.1) is 0 Å². The van der Waals surface area contributed by atoms with Crippen LogP contribution in [0.15, 0.2) is 28.8 Å². The van der Waals surface area contributed by atoms with E-state index in [1.807, 2.05) is 26.3 Å². The summed E-state index contributed by atoms with van der Waals surface area (Å²) in [5, 5.41) is 3.35. The SMILES string of the molecule is C/C=C/C=C(\C=NC)CN1CCNCC1. The molecule has 0 aromatic rings. The van der Waals surface area contributed by atoms with Crippen LogP contribution < -0.4 is 5.32 Å². The molecule has 0 saturated carbocycles. The molecule has 0 aromatic carbocycles. The largest absolute Gasteiger partial charge is 0.314 e. The average molecular weight is 207 g/mol. The van der Waals surface area contributed by atoms with Crippen LogP contribution in [0.2, 0.25) is 0 Å². The molecule has 84 valence electrons. The van der Waals surface area contributed by atoms with Gasteiger partial charge in [-0.1, -0.05) is 18.2 Å². The summed E-state index contributed by atoms with van der Waals surface area (Å²) in [6.45, 7) is 7.49. The molecule has 1 heterocycles. The number of rotatable bonds is 4. The highest BCUT2D eigenvalue weighted by Gasteiger charge is 2.09. The van der Waals surface area contributed by atoms with Gasteiger partial charge in [0.2, 0.25) is 0 Å². The Morgan fingerprint density at radius 2 is 2.13 bits per heavy atom. The summed E-state index contributed by atoms with van der Waals surface area (Å²) in [5.74, 6) is 0. The molecule has 1 fully saturated rings. The van der Waals surface area contributed by atoms with Gasteiger partial charge in [-0.05, 0) is 12.5 Å². The molecule has 15 heavy (non-hydrogen) atoms. The van der Waals surface area contributed by atoms with Crippen LogP contribution in [0, 0.1) is 0 Å². The molecule has 0 atom stereocenters. The first-order valence-corrected chi connectivity index (χ1v) is 5.54. The number of aliphatic imine (C=N–C) groups is 1. The van der Waals surface area contributed by atoms with Crippen LogP contribution in [0.4, 0.5) is 0 Å². The lowest BCUT2D eigenvalue weighted by Gasteiger charge is -2.27. The predicted molar refractivity (Wildman–Crippen MR) is 66.6 cm³/mol. The van der Waals surface area contributed by atoms with E-state index in [0.717, 1.165) is 32.7 Å². The molecule has 3 heteroatoms. The van der Waals surface area contributed by atoms with Gasteiger partial charge < -0.3 is 5.32 Å². The summed E-state index contributed by atoms with van der Waals surface area (Å²) in [4.78, 5) is 6.54. The third-order valence-corrected chi connectivity index (χ3v) is 2.41. The zero-order valence-corrected chi connectivity index (χ0v) is 9.74. The molecular formula is C12H21N3. The van der Waals surface area contributed by atoms with Crippen molar-refractivity contribution in [3.8, 4) is 0 Å². The van der Waals surface area contributed by atoms with E-state index in [-0.39, 0.29) is 0 Å². The van der Waals surface area contributed by atoms with E-state index >= 15 is 0 Å². The van der Waals surface area contributed by atoms with E-state index in [1.54, 1.807) is 0 Å². The summed E-state index contributed by atoms with van der Waals surface area (Å²) >= 11 is 0. The lowest BCUT2D eigenvalue weighted by atomic mass is 10.2. The van der Waals surface area contributed by atoms with E-state index in [9.17, 15) is 0 Å². The Bertz CT molecular complexity index is 248. The minimum atomic E-state index is 1.00. The van der Waals surface area contributed by atoms with Crippen LogP contribution >= 0.6 is 0 Å². The first-order valence-electron chi connectivity index (χ1n) is 5.54. The van der Waals surface area contributed by atoms with E-state index in [1.165, 1.54) is 5.57 Å². The normalized spacial score (nSPS) is 20.5. The number of allylic oxidation sites excluding steroid dienone is 3. The summed E-state index contributed by atoms with van der Waals surface area (Å²) in [6, 6.07) is 0. The second-order valence-electron chi connectivity index (χ2n) is 3.68. The molecule has 0 amide bonds. The van der Waals surface area contributed by atoms with Gasteiger partial charge in [0.05, 0.1) is 0 Å². The zero-order valence-electron chi connectivity index (χ0n) is 9.74. The van der Waals surface area contributed by atoms with Crippen LogP contribution in [0.5, 0.6) is 0 Å². The Labute approximate surface area is 92.6 Å². The Morgan fingerprint density at radius 1 is 1.40 bits per heavy atom. The minimum Gasteiger partial charge on any atom is -0.314 e. The van der Waals surface area contributed by atoms with Crippen molar-refractivity contribution in [3.05, 3.63) is 23.8 Å². The molecule has 1 aliphatic rings. The van der Waals surface area contributed by atoms with Gasteiger partial charge in [-0.3, -0.25) is 9.89 Å². The fraction of sp³-hybridized carbons (Fsp3) is 0.583. The topological polar surface area (TPSA) is 27.6 Å². The van der Waals surface area contributed by atoms with Crippen LogP contribution in [-0.4, -0.2) is 50.9 Å². The number of nitrogens with one attached hydrogen (secondary N) is 1. The van der Waals surface area contributed by atoms with Gasteiger partial charge in [0.25, 0.3) is 0 Å². The van der Waals surface area contributed by atoms with E-state index in [0.29, 0.717) is 0 Å². The molecule has 0 aliphatic carbocycles. The maximum atomic E-state index is 4.08. The standard InChI is InChI=1S/C12H21N3/c1-3-4-5-12(10-13-2)11-15-8-6-14-7-9-15/h3-5,10,14H,6-9,11H2,1-2H3/b4-3+,12-5+,13-10?. The quantitative estimate of drug-likeness (QED) is 0.552. The molecule has 1 rings (SSSR count). The highest BCUT2D eigenvalue weighted by atomic mass is 15.2. The van der Waals surface area contributed by atoms with Crippen LogP contribution in [0.25, 0.3) is 0 Å². The molecule has 1 aliphatic heterocycles. The number of hydrogen-bond acceptors (Lipinski definition) is 3. The van der Waals surface area contributed by atoms with Gasteiger partial charge in [0.15, 0.2) is 0 Å². The molecule has 0 bridgehead atoms. The Kier molecular flexibility index (Phi) is 5.97. The maximum absolute atomic E-state index is 4.08. The highest BCUT2D eigenvalue weighted by molar-refractivity contribution is 5.79. The molecular weight excluding hydrogens is 186 g/mol. The number of hydrogen-bond donors (Lipinski definition) is 1. The molecule has 0 unspecified atom stereocenters. The van der Waals surface area contributed by atoms with Crippen molar-refractivity contribution in [2.75, 3.05) is 39.8 Å². The van der Waals surface area contributed by atoms with Crippen molar-refractivity contribution < 1.29 is 0 Å². The van der Waals surface area contributed by atoms with Crippen molar-refractivity contribution in [3.63, 3.8) is 0 Å². The number of nitrogens with zero attached hydrogens (tertiary/aromatic N) is 2. The minimum absolute atomic E-state index is 1.00. The number of piperazine rings is 1. The predicted octanol–water partition coefficient (Wildman–Crippen LogP) is 1.09. The van der Waals surface area contributed by atoms with Gasteiger partial charge in [-0.2, -0.15) is 0 Å². The van der Waals surface area contributed by atoms with E-state index in [4.69, 9.17) is 0 Å². The van der Waals surface area contributed by atoms with Crippen LogP contribution in [-0.2, 0) is 0 Å². The zero-order chi connectivity index (χ0) is 10.9. The first-order chi connectivity index (χ1) is 7.36. The lowest BCUT2D eigenvalue weighted by Crippen LogP contribution is -2.44. The summed E-state index contributed by atoms with van der Waals surface area (Å²) in [6.07, 6.45) is 8.19. The van der Waals surface area contributed by atoms with Gasteiger partial charge in [0.1, 0.15) is 0 Å². The van der Waals surface area contributed by atoms with Gasteiger partial charge >= 0.3 is 0 Å². The fourth-order valence-electron chi connectivity index (χ4n) is 1.65. The van der Waals surface area contributed by atoms with Crippen molar-refractivity contribution in [2.24, 2.45) is 4.99 Å². The Balaban J connectivity index is 2.49. The average Bonchev–Trinajstić information content (AvgIpc) is 2.28. The van der Waals surface area contributed by atoms with Crippen LogP contribution in [0.3, 0.4) is 0 Å². The molecule has 3 nitrogen and oxygen atoms in total. The monoisotopic (exact) mass is 207 g/mol. The highest BCUT2D eigenvalue weighted by Crippen LogP contribution is 1.99. The van der Waals surface area contributed by atoms with E-state index in [2.05, 4.69) is 27.4 Å². The molecule has 1 saturated heterocycles. The molecule has 0 aromatic heterocycles. The second-order valence-corrected chi connectivity index (χ2v) is 3.68. The third kappa shape index (κ3) is 4.91. The smallest absolute Gasteiger partial charge is 0.0277 e. The Morgan fingerprint density at radius 3 is 2.73 bits per heavy atom. The molecule has 0 radical (unpaired) electrons. The second kappa shape index (κ2) is 7.37. The lowest BCUT2D eigenvalue weighted by molar-refractivity contribution is 0.262. The maximum Gasteiger partial charge on any atom is 0.0277 e. The van der Waals surface area contributed by atoms with Crippen LogP contribution in [0.1, 0.15) is 6.92 Å². The van der Waals surface area contributed by atoms with Crippen molar-refractivity contribution in [1.82, 2.24) is 10.2 Å². The molecule has 0 spiro atoms. The van der Waals surface area contributed by atoms with E-state index < -0.39 is 0 Å². The van der Waals surface area contributed by atoms with Gasteiger partial charge in [-0.25, -0.2) is 0 Å². The molecule has 1 N–H and O–H groups in total. The third-order valence-electron chi connectivity index (χ3n) is 2.41.